The largest absolute Gasteiger partial charge is 0.455 e. The van der Waals surface area contributed by atoms with Crippen molar-refractivity contribution in [3.8, 4) is 11.5 Å². The lowest BCUT2D eigenvalue weighted by Gasteiger charge is -2.21. The monoisotopic (exact) mass is 352 g/mol. The number of hydrogen-bond donors (Lipinski definition) is 1. The number of ether oxygens (including phenoxy) is 1. The van der Waals surface area contributed by atoms with E-state index in [9.17, 15) is 4.39 Å². The first-order valence-electron chi connectivity index (χ1n) is 6.66. The van der Waals surface area contributed by atoms with Crippen LogP contribution in [0.3, 0.4) is 0 Å². The van der Waals surface area contributed by atoms with Gasteiger partial charge in [0, 0.05) is 29.9 Å². The molecule has 1 N–H and O–H groups in total. The van der Waals surface area contributed by atoms with Gasteiger partial charge >= 0.3 is 0 Å². The molecular weight excluding hydrogens is 335 g/mol. The van der Waals surface area contributed by atoms with Gasteiger partial charge in [-0.15, -0.1) is 0 Å². The average Bonchev–Trinajstić information content (AvgIpc) is 2.41. The van der Waals surface area contributed by atoms with E-state index >= 15 is 0 Å². The zero-order chi connectivity index (χ0) is 15.5. The highest BCUT2D eigenvalue weighted by molar-refractivity contribution is 9.10. The molecule has 0 saturated heterocycles. The van der Waals surface area contributed by atoms with Crippen LogP contribution in [0.5, 0.6) is 11.5 Å². The summed E-state index contributed by atoms with van der Waals surface area (Å²) in [6.07, 6.45) is 3.36. The summed E-state index contributed by atoms with van der Waals surface area (Å²) in [5.41, 5.74) is 0.979. The highest BCUT2D eigenvalue weighted by Gasteiger charge is 2.12. The quantitative estimate of drug-likeness (QED) is 0.868. The molecule has 0 bridgehead atoms. The number of benzene rings is 1. The van der Waals surface area contributed by atoms with Crippen molar-refractivity contribution in [2.45, 2.75) is 32.9 Å². The Balaban J connectivity index is 2.17. The van der Waals surface area contributed by atoms with Crippen molar-refractivity contribution in [2.24, 2.45) is 0 Å². The molecule has 0 fully saturated rings. The number of nitrogens with one attached hydrogen (secondary N) is 1. The lowest BCUT2D eigenvalue weighted by Crippen LogP contribution is -2.35. The lowest BCUT2D eigenvalue weighted by atomic mass is 10.1. The van der Waals surface area contributed by atoms with Crippen LogP contribution in [-0.2, 0) is 6.54 Å². The van der Waals surface area contributed by atoms with Gasteiger partial charge in [-0.3, -0.25) is 4.98 Å². The maximum Gasteiger partial charge on any atom is 0.150 e. The van der Waals surface area contributed by atoms with E-state index in [0.717, 1.165) is 5.56 Å². The van der Waals surface area contributed by atoms with Crippen molar-refractivity contribution in [3.05, 3.63) is 52.5 Å². The summed E-state index contributed by atoms with van der Waals surface area (Å²) < 4.78 is 19.7. The first-order valence-corrected chi connectivity index (χ1v) is 7.45. The molecule has 0 amide bonds. The van der Waals surface area contributed by atoms with E-state index in [1.54, 1.807) is 24.5 Å². The minimum atomic E-state index is -0.356. The van der Waals surface area contributed by atoms with Gasteiger partial charge in [-0.2, -0.15) is 0 Å². The molecule has 5 heteroatoms. The standard InChI is InChI=1S/C16H18BrFN2O/c1-16(2,3)20-9-11-6-7-19-10-15(11)21-12-4-5-13(17)14(18)8-12/h4-8,10,20H,9H2,1-3H3. The van der Waals surface area contributed by atoms with Crippen molar-refractivity contribution < 1.29 is 9.13 Å². The third-order valence-electron chi connectivity index (χ3n) is 2.80. The molecule has 0 aliphatic heterocycles. The van der Waals surface area contributed by atoms with Gasteiger partial charge in [0.25, 0.3) is 0 Å². The second-order valence-electron chi connectivity index (χ2n) is 5.76. The Labute approximate surface area is 132 Å². The SMILES string of the molecule is CC(C)(C)NCc1ccncc1Oc1ccc(Br)c(F)c1. The van der Waals surface area contributed by atoms with E-state index < -0.39 is 0 Å². The minimum Gasteiger partial charge on any atom is -0.455 e. The molecule has 21 heavy (non-hydrogen) atoms. The Kier molecular flexibility index (Phi) is 4.96. The maximum atomic E-state index is 13.5. The molecule has 1 aromatic heterocycles. The summed E-state index contributed by atoms with van der Waals surface area (Å²) in [6, 6.07) is 6.57. The molecule has 0 spiro atoms. The van der Waals surface area contributed by atoms with Gasteiger partial charge in [0.1, 0.15) is 17.3 Å². The molecule has 3 nitrogen and oxygen atoms in total. The third-order valence-corrected chi connectivity index (χ3v) is 3.44. The van der Waals surface area contributed by atoms with Crippen LogP contribution in [0.1, 0.15) is 26.3 Å². The highest BCUT2D eigenvalue weighted by Crippen LogP contribution is 2.27. The molecular formula is C16H18BrFN2O. The van der Waals surface area contributed by atoms with Crippen LogP contribution in [0.15, 0.2) is 41.1 Å². The fraction of sp³-hybridized carbons (Fsp3) is 0.312. The summed E-state index contributed by atoms with van der Waals surface area (Å²) >= 11 is 3.12. The topological polar surface area (TPSA) is 34.2 Å². The number of hydrogen-bond acceptors (Lipinski definition) is 3. The summed E-state index contributed by atoms with van der Waals surface area (Å²) in [6.45, 7) is 6.94. The van der Waals surface area contributed by atoms with Crippen molar-refractivity contribution in [1.29, 1.82) is 0 Å². The van der Waals surface area contributed by atoms with Gasteiger partial charge in [-0.25, -0.2) is 4.39 Å². The van der Waals surface area contributed by atoms with E-state index in [2.05, 4.69) is 47.0 Å². The molecule has 112 valence electrons. The zero-order valence-corrected chi connectivity index (χ0v) is 13.9. The van der Waals surface area contributed by atoms with Crippen LogP contribution >= 0.6 is 15.9 Å². The molecule has 2 aromatic rings. The third kappa shape index (κ3) is 4.79. The van der Waals surface area contributed by atoms with Crippen LogP contribution in [0, 0.1) is 5.82 Å². The van der Waals surface area contributed by atoms with Crippen LogP contribution < -0.4 is 10.1 Å². The summed E-state index contributed by atoms with van der Waals surface area (Å²) in [5.74, 6) is 0.711. The first-order chi connectivity index (χ1) is 9.85. The predicted octanol–water partition coefficient (Wildman–Crippen LogP) is 4.66. The molecule has 1 aromatic carbocycles. The molecule has 0 unspecified atom stereocenters. The smallest absolute Gasteiger partial charge is 0.150 e. The number of nitrogens with zero attached hydrogens (tertiary/aromatic N) is 1. The Hall–Kier alpha value is -1.46. The summed E-state index contributed by atoms with van der Waals surface area (Å²) in [4.78, 5) is 4.07. The van der Waals surface area contributed by atoms with E-state index in [1.807, 2.05) is 6.07 Å². The van der Waals surface area contributed by atoms with Crippen LogP contribution in [0.25, 0.3) is 0 Å². The summed E-state index contributed by atoms with van der Waals surface area (Å²) in [5, 5.41) is 3.40. The van der Waals surface area contributed by atoms with Crippen LogP contribution in [0.2, 0.25) is 0 Å². The number of aromatic nitrogens is 1. The second kappa shape index (κ2) is 6.54. The van der Waals surface area contributed by atoms with Gasteiger partial charge in [-0.05, 0) is 54.9 Å². The van der Waals surface area contributed by atoms with Crippen molar-refractivity contribution in [1.82, 2.24) is 10.3 Å². The van der Waals surface area contributed by atoms with Gasteiger partial charge in [0.15, 0.2) is 0 Å². The van der Waals surface area contributed by atoms with Gasteiger partial charge in [0.05, 0.1) is 10.7 Å². The van der Waals surface area contributed by atoms with E-state index in [1.165, 1.54) is 6.07 Å². The number of pyridine rings is 1. The molecule has 1 heterocycles. The second-order valence-corrected chi connectivity index (χ2v) is 6.62. The van der Waals surface area contributed by atoms with Gasteiger partial charge < -0.3 is 10.1 Å². The predicted molar refractivity (Wildman–Crippen MR) is 85.0 cm³/mol. The van der Waals surface area contributed by atoms with E-state index in [4.69, 9.17) is 4.74 Å². The molecule has 0 saturated carbocycles. The Bertz CT molecular complexity index is 626. The zero-order valence-electron chi connectivity index (χ0n) is 12.3. The Morgan fingerprint density at radius 2 is 2.05 bits per heavy atom. The fourth-order valence-electron chi connectivity index (χ4n) is 1.67. The highest BCUT2D eigenvalue weighted by atomic mass is 79.9. The lowest BCUT2D eigenvalue weighted by molar-refractivity contribution is 0.413. The normalized spacial score (nSPS) is 11.5. The summed E-state index contributed by atoms with van der Waals surface area (Å²) in [7, 11) is 0. The first kappa shape index (κ1) is 15.9. The fourth-order valence-corrected chi connectivity index (χ4v) is 1.92. The van der Waals surface area contributed by atoms with Crippen LogP contribution in [0.4, 0.5) is 4.39 Å². The molecule has 0 aliphatic carbocycles. The Morgan fingerprint density at radius 3 is 2.71 bits per heavy atom. The van der Waals surface area contributed by atoms with Crippen LogP contribution in [-0.4, -0.2) is 10.5 Å². The van der Waals surface area contributed by atoms with Crippen molar-refractivity contribution >= 4 is 15.9 Å². The molecule has 0 atom stereocenters. The number of halogens is 2. The molecule has 0 radical (unpaired) electrons. The van der Waals surface area contributed by atoms with Crippen molar-refractivity contribution in [3.63, 3.8) is 0 Å². The van der Waals surface area contributed by atoms with Gasteiger partial charge in [0.2, 0.25) is 0 Å². The Morgan fingerprint density at radius 1 is 1.29 bits per heavy atom. The molecule has 0 aliphatic rings. The average molecular weight is 353 g/mol. The van der Waals surface area contributed by atoms with Crippen molar-refractivity contribution in [2.75, 3.05) is 0 Å². The van der Waals surface area contributed by atoms with E-state index in [0.29, 0.717) is 22.5 Å². The van der Waals surface area contributed by atoms with E-state index in [-0.39, 0.29) is 11.4 Å². The number of rotatable bonds is 4. The molecule has 2 rings (SSSR count). The van der Waals surface area contributed by atoms with Gasteiger partial charge in [-0.1, -0.05) is 0 Å². The maximum absolute atomic E-state index is 13.5. The minimum absolute atomic E-state index is 0.00423.